The Morgan fingerprint density at radius 2 is 1.42 bits per heavy atom. The molecule has 1 aromatic rings. The molecule has 0 saturated heterocycles. The van der Waals surface area contributed by atoms with Crippen molar-refractivity contribution in [1.82, 2.24) is 0 Å². The molecule has 0 spiro atoms. The van der Waals surface area contributed by atoms with Gasteiger partial charge in [-0.1, -0.05) is 53.7 Å². The van der Waals surface area contributed by atoms with Gasteiger partial charge in [0, 0.05) is 17.0 Å². The Morgan fingerprint density at radius 1 is 1.00 bits per heavy atom. The number of rotatable bonds is 2. The van der Waals surface area contributed by atoms with Crippen LogP contribution in [-0.2, 0) is 10.8 Å². The second-order valence-electron chi connectivity index (χ2n) is 7.02. The van der Waals surface area contributed by atoms with Gasteiger partial charge in [-0.2, -0.15) is 0 Å². The fraction of sp³-hybridized carbons (Fsp3) is 0.529. The largest absolute Gasteiger partial charge is 0.507 e. The van der Waals surface area contributed by atoms with Gasteiger partial charge in [-0.3, -0.25) is 0 Å². The van der Waals surface area contributed by atoms with Crippen molar-refractivity contribution < 1.29 is 5.11 Å². The number of alkyl halides is 1. The van der Waals surface area contributed by atoms with Crippen molar-refractivity contribution in [3.63, 3.8) is 0 Å². The molecule has 106 valence electrons. The Labute approximate surface area is 122 Å². The van der Waals surface area contributed by atoms with E-state index in [0.29, 0.717) is 11.6 Å². The van der Waals surface area contributed by atoms with Gasteiger partial charge in [-0.15, -0.1) is 11.6 Å². The van der Waals surface area contributed by atoms with E-state index in [9.17, 15) is 5.11 Å². The van der Waals surface area contributed by atoms with E-state index in [1.54, 1.807) is 0 Å². The maximum atomic E-state index is 10.6. The molecule has 1 N–H and O–H groups in total. The SMILES string of the molecule is CC(C)(C)c1cc(/C=C/CCl)cc(C(C)(C)C)c1O. The van der Waals surface area contributed by atoms with E-state index >= 15 is 0 Å². The zero-order valence-electron chi connectivity index (χ0n) is 12.8. The predicted molar refractivity (Wildman–Crippen MR) is 85.3 cm³/mol. The molecule has 2 heteroatoms. The summed E-state index contributed by atoms with van der Waals surface area (Å²) < 4.78 is 0. The first kappa shape index (κ1) is 16.1. The summed E-state index contributed by atoms with van der Waals surface area (Å²) in [7, 11) is 0. The number of hydrogen-bond acceptors (Lipinski definition) is 1. The highest BCUT2D eigenvalue weighted by atomic mass is 35.5. The second-order valence-corrected chi connectivity index (χ2v) is 7.33. The Morgan fingerprint density at radius 3 is 1.74 bits per heavy atom. The fourth-order valence-electron chi connectivity index (χ4n) is 2.08. The van der Waals surface area contributed by atoms with E-state index < -0.39 is 0 Å². The highest BCUT2D eigenvalue weighted by molar-refractivity contribution is 6.19. The maximum absolute atomic E-state index is 10.6. The Bertz CT molecular complexity index is 438. The minimum atomic E-state index is -0.0884. The molecule has 1 nitrogen and oxygen atoms in total. The topological polar surface area (TPSA) is 20.2 Å². The van der Waals surface area contributed by atoms with Crippen LogP contribution in [0.15, 0.2) is 18.2 Å². The van der Waals surface area contributed by atoms with E-state index in [1.165, 1.54) is 0 Å². The van der Waals surface area contributed by atoms with Gasteiger partial charge >= 0.3 is 0 Å². The molecule has 0 unspecified atom stereocenters. The van der Waals surface area contributed by atoms with Crippen molar-refractivity contribution in [3.05, 3.63) is 34.9 Å². The van der Waals surface area contributed by atoms with Crippen LogP contribution < -0.4 is 0 Å². The number of phenols is 1. The summed E-state index contributed by atoms with van der Waals surface area (Å²) in [5.74, 6) is 0.916. The molecule has 0 aliphatic rings. The van der Waals surface area contributed by atoms with Crippen LogP contribution in [0, 0.1) is 0 Å². The minimum Gasteiger partial charge on any atom is -0.507 e. The van der Waals surface area contributed by atoms with Crippen LogP contribution in [0.25, 0.3) is 6.08 Å². The number of hydrogen-bond donors (Lipinski definition) is 1. The molecule has 0 bridgehead atoms. The third kappa shape index (κ3) is 4.01. The summed E-state index contributed by atoms with van der Waals surface area (Å²) in [4.78, 5) is 0. The highest BCUT2D eigenvalue weighted by Gasteiger charge is 2.25. The Balaban J connectivity index is 3.52. The number of benzene rings is 1. The van der Waals surface area contributed by atoms with Crippen molar-refractivity contribution >= 4 is 17.7 Å². The lowest BCUT2D eigenvalue weighted by Gasteiger charge is -2.27. The zero-order chi connectivity index (χ0) is 14.8. The molecular formula is C17H25ClO. The molecule has 0 aliphatic heterocycles. The monoisotopic (exact) mass is 280 g/mol. The molecule has 1 rings (SSSR count). The Hall–Kier alpha value is -0.950. The third-order valence-corrected chi connectivity index (χ3v) is 3.33. The first-order chi connectivity index (χ1) is 8.57. The van der Waals surface area contributed by atoms with E-state index in [4.69, 9.17) is 11.6 Å². The quantitative estimate of drug-likeness (QED) is 0.735. The molecule has 19 heavy (non-hydrogen) atoms. The van der Waals surface area contributed by atoms with Gasteiger partial charge in [0.25, 0.3) is 0 Å². The van der Waals surface area contributed by atoms with E-state index in [1.807, 2.05) is 24.3 Å². The summed E-state index contributed by atoms with van der Waals surface area (Å²) in [5, 5.41) is 10.6. The van der Waals surface area contributed by atoms with Gasteiger partial charge in [-0.05, 0) is 28.5 Å². The summed E-state index contributed by atoms with van der Waals surface area (Å²) in [6.07, 6.45) is 3.93. The lowest BCUT2D eigenvalue weighted by Crippen LogP contribution is -2.17. The van der Waals surface area contributed by atoms with Gasteiger partial charge in [0.05, 0.1) is 0 Å². The molecule has 0 aliphatic carbocycles. The van der Waals surface area contributed by atoms with Crippen LogP contribution in [0.1, 0.15) is 58.2 Å². The number of allylic oxidation sites excluding steroid dienone is 1. The van der Waals surface area contributed by atoms with Gasteiger partial charge < -0.3 is 5.11 Å². The van der Waals surface area contributed by atoms with Crippen molar-refractivity contribution in [2.75, 3.05) is 5.88 Å². The molecule has 0 heterocycles. The highest BCUT2D eigenvalue weighted by Crippen LogP contribution is 2.39. The van der Waals surface area contributed by atoms with Crippen molar-refractivity contribution in [1.29, 1.82) is 0 Å². The number of aromatic hydroxyl groups is 1. The van der Waals surface area contributed by atoms with Crippen LogP contribution in [0.3, 0.4) is 0 Å². The van der Waals surface area contributed by atoms with Gasteiger partial charge in [0.15, 0.2) is 0 Å². The predicted octanol–water partition coefficient (Wildman–Crippen LogP) is 5.24. The Kier molecular flexibility index (Phi) is 4.73. The maximum Gasteiger partial charge on any atom is 0.123 e. The van der Waals surface area contributed by atoms with Gasteiger partial charge in [0.2, 0.25) is 0 Å². The first-order valence-electron chi connectivity index (χ1n) is 6.68. The summed E-state index contributed by atoms with van der Waals surface area (Å²) in [6.45, 7) is 12.7. The smallest absolute Gasteiger partial charge is 0.123 e. The van der Waals surface area contributed by atoms with Crippen LogP contribution >= 0.6 is 11.6 Å². The number of halogens is 1. The summed E-state index contributed by atoms with van der Waals surface area (Å²) in [6, 6.07) is 4.10. The third-order valence-electron chi connectivity index (χ3n) is 3.15. The van der Waals surface area contributed by atoms with Crippen LogP contribution in [-0.4, -0.2) is 11.0 Å². The van der Waals surface area contributed by atoms with Crippen LogP contribution in [0.5, 0.6) is 5.75 Å². The van der Waals surface area contributed by atoms with E-state index in [0.717, 1.165) is 16.7 Å². The fourth-order valence-corrected chi connectivity index (χ4v) is 2.17. The lowest BCUT2D eigenvalue weighted by molar-refractivity contribution is 0.423. The first-order valence-corrected chi connectivity index (χ1v) is 7.21. The molecule has 0 fully saturated rings. The summed E-state index contributed by atoms with van der Waals surface area (Å²) >= 11 is 5.71. The molecule has 0 radical (unpaired) electrons. The van der Waals surface area contributed by atoms with Gasteiger partial charge in [-0.25, -0.2) is 0 Å². The average molecular weight is 281 g/mol. The number of phenolic OH excluding ortho intramolecular Hbond substituents is 1. The molecular weight excluding hydrogens is 256 g/mol. The molecule has 0 aromatic heterocycles. The van der Waals surface area contributed by atoms with Crippen LogP contribution in [0.2, 0.25) is 0 Å². The van der Waals surface area contributed by atoms with Gasteiger partial charge in [0.1, 0.15) is 5.75 Å². The van der Waals surface area contributed by atoms with Crippen LogP contribution in [0.4, 0.5) is 0 Å². The van der Waals surface area contributed by atoms with E-state index in [2.05, 4.69) is 41.5 Å². The zero-order valence-corrected chi connectivity index (χ0v) is 13.6. The standard InChI is InChI=1S/C17H25ClO/c1-16(2,3)13-10-12(8-7-9-18)11-14(15(13)19)17(4,5)6/h7-8,10-11,19H,9H2,1-6H3/b8-7+. The molecule has 0 atom stereocenters. The molecule has 0 amide bonds. The lowest BCUT2D eigenvalue weighted by atomic mass is 9.78. The average Bonchev–Trinajstić information content (AvgIpc) is 2.24. The second kappa shape index (κ2) is 5.58. The normalized spacial score (nSPS) is 13.2. The molecule has 0 saturated carbocycles. The van der Waals surface area contributed by atoms with Crippen molar-refractivity contribution in [2.24, 2.45) is 0 Å². The van der Waals surface area contributed by atoms with Crippen molar-refractivity contribution in [3.8, 4) is 5.75 Å². The van der Waals surface area contributed by atoms with E-state index in [-0.39, 0.29) is 10.8 Å². The minimum absolute atomic E-state index is 0.0884. The molecule has 1 aromatic carbocycles. The summed E-state index contributed by atoms with van der Waals surface area (Å²) in [5.41, 5.74) is 2.88. The van der Waals surface area contributed by atoms with Crippen molar-refractivity contribution in [2.45, 2.75) is 52.4 Å².